The first-order valence-electron chi connectivity index (χ1n) is 5.26. The van der Waals surface area contributed by atoms with E-state index in [2.05, 4.69) is 15.5 Å². The molecule has 0 fully saturated rings. The van der Waals surface area contributed by atoms with Gasteiger partial charge in [0.2, 0.25) is 5.89 Å². The predicted octanol–water partition coefficient (Wildman–Crippen LogP) is 3.66. The van der Waals surface area contributed by atoms with Crippen LogP contribution in [0, 0.1) is 6.92 Å². The van der Waals surface area contributed by atoms with Crippen molar-refractivity contribution in [1.29, 1.82) is 0 Å². The van der Waals surface area contributed by atoms with Gasteiger partial charge in [-0.3, -0.25) is 0 Å². The Labute approximate surface area is 111 Å². The molecule has 0 bridgehead atoms. The Morgan fingerprint density at radius 3 is 2.68 bits per heavy atom. The fraction of sp³-hybridized carbons (Fsp3) is 0.273. The fourth-order valence-electron chi connectivity index (χ4n) is 1.42. The van der Waals surface area contributed by atoms with Crippen LogP contribution in [0.3, 0.4) is 0 Å². The number of anilines is 1. The van der Waals surface area contributed by atoms with Gasteiger partial charge in [0, 0.05) is 6.92 Å². The highest BCUT2D eigenvalue weighted by Gasteiger charge is 2.30. The zero-order valence-electron chi connectivity index (χ0n) is 9.75. The van der Waals surface area contributed by atoms with Crippen molar-refractivity contribution in [2.75, 3.05) is 5.32 Å². The second-order valence-corrected chi connectivity index (χ2v) is 4.18. The summed E-state index contributed by atoms with van der Waals surface area (Å²) in [5.41, 5.74) is -0.609. The summed E-state index contributed by atoms with van der Waals surface area (Å²) >= 11 is 5.82. The zero-order valence-corrected chi connectivity index (χ0v) is 10.5. The van der Waals surface area contributed by atoms with E-state index in [0.717, 1.165) is 12.1 Å². The number of aryl methyl sites for hydroxylation is 1. The van der Waals surface area contributed by atoms with Crippen molar-refractivity contribution in [3.8, 4) is 0 Å². The first-order valence-corrected chi connectivity index (χ1v) is 5.64. The normalized spacial score (nSPS) is 11.6. The fourth-order valence-corrected chi connectivity index (χ4v) is 1.61. The van der Waals surface area contributed by atoms with Crippen molar-refractivity contribution >= 4 is 17.3 Å². The van der Waals surface area contributed by atoms with Gasteiger partial charge in [-0.2, -0.15) is 18.2 Å². The van der Waals surface area contributed by atoms with E-state index in [1.165, 1.54) is 6.07 Å². The average Bonchev–Trinajstić information content (AvgIpc) is 2.72. The molecule has 4 nitrogen and oxygen atoms in total. The van der Waals surface area contributed by atoms with Crippen LogP contribution in [0.4, 0.5) is 18.9 Å². The Hall–Kier alpha value is -1.76. The van der Waals surface area contributed by atoms with Crippen LogP contribution in [0.2, 0.25) is 5.02 Å². The van der Waals surface area contributed by atoms with E-state index >= 15 is 0 Å². The van der Waals surface area contributed by atoms with Crippen molar-refractivity contribution in [1.82, 2.24) is 10.1 Å². The Kier molecular flexibility index (Phi) is 3.66. The Bertz CT molecular complexity index is 583. The number of rotatable bonds is 3. The number of hydrogen-bond donors (Lipinski definition) is 1. The van der Waals surface area contributed by atoms with Crippen molar-refractivity contribution in [2.24, 2.45) is 0 Å². The standard InChI is InChI=1S/C11H9ClF3N3O/c1-6-17-10(18-19-6)5-16-9-4-7(11(13,14)15)2-3-8(9)12/h2-4,16H,5H2,1H3. The molecule has 102 valence electrons. The first-order chi connectivity index (χ1) is 8.86. The van der Waals surface area contributed by atoms with Crippen molar-refractivity contribution < 1.29 is 17.7 Å². The maximum atomic E-state index is 12.6. The summed E-state index contributed by atoms with van der Waals surface area (Å²) in [5.74, 6) is 0.720. The SMILES string of the molecule is Cc1nc(CNc2cc(C(F)(F)F)ccc2Cl)no1. The van der Waals surface area contributed by atoms with Gasteiger partial charge in [0.1, 0.15) is 0 Å². The number of nitrogens with one attached hydrogen (secondary N) is 1. The molecule has 0 saturated carbocycles. The van der Waals surface area contributed by atoms with Gasteiger partial charge in [-0.05, 0) is 18.2 Å². The molecule has 0 amide bonds. The molecule has 19 heavy (non-hydrogen) atoms. The number of halogens is 4. The van der Waals surface area contributed by atoms with Crippen molar-refractivity contribution in [3.05, 3.63) is 40.5 Å². The summed E-state index contributed by atoms with van der Waals surface area (Å²) < 4.78 is 42.4. The molecular weight excluding hydrogens is 283 g/mol. The monoisotopic (exact) mass is 291 g/mol. The van der Waals surface area contributed by atoms with Crippen LogP contribution < -0.4 is 5.32 Å². The highest BCUT2D eigenvalue weighted by atomic mass is 35.5. The molecule has 2 aromatic rings. The van der Waals surface area contributed by atoms with Gasteiger partial charge in [0.05, 0.1) is 22.8 Å². The second-order valence-electron chi connectivity index (χ2n) is 3.78. The Morgan fingerprint density at radius 2 is 2.11 bits per heavy atom. The molecule has 0 atom stereocenters. The maximum Gasteiger partial charge on any atom is 0.416 e. The topological polar surface area (TPSA) is 51.0 Å². The van der Waals surface area contributed by atoms with Crippen LogP contribution in [-0.4, -0.2) is 10.1 Å². The van der Waals surface area contributed by atoms with Gasteiger partial charge in [-0.1, -0.05) is 16.8 Å². The van der Waals surface area contributed by atoms with Crippen LogP contribution >= 0.6 is 11.6 Å². The molecule has 1 N–H and O–H groups in total. The molecule has 0 aliphatic rings. The van der Waals surface area contributed by atoms with Crippen LogP contribution in [0.25, 0.3) is 0 Å². The van der Waals surface area contributed by atoms with Crippen LogP contribution in [0.5, 0.6) is 0 Å². The van der Waals surface area contributed by atoms with E-state index in [1.54, 1.807) is 6.92 Å². The third-order valence-electron chi connectivity index (χ3n) is 2.30. The largest absolute Gasteiger partial charge is 0.416 e. The van der Waals surface area contributed by atoms with Gasteiger partial charge in [0.25, 0.3) is 0 Å². The van der Waals surface area contributed by atoms with E-state index in [0.29, 0.717) is 11.7 Å². The molecule has 0 aliphatic heterocycles. The molecule has 1 heterocycles. The molecule has 1 aromatic carbocycles. The summed E-state index contributed by atoms with van der Waals surface area (Å²) in [6.45, 7) is 1.74. The first kappa shape index (κ1) is 13.7. The third kappa shape index (κ3) is 3.37. The Balaban J connectivity index is 2.15. The van der Waals surface area contributed by atoms with Crippen molar-refractivity contribution in [2.45, 2.75) is 19.6 Å². The summed E-state index contributed by atoms with van der Waals surface area (Å²) in [7, 11) is 0. The minimum atomic E-state index is -4.41. The summed E-state index contributed by atoms with van der Waals surface area (Å²) in [6, 6.07) is 3.05. The minimum absolute atomic E-state index is 0.123. The van der Waals surface area contributed by atoms with Crippen molar-refractivity contribution in [3.63, 3.8) is 0 Å². The number of alkyl halides is 3. The Morgan fingerprint density at radius 1 is 1.37 bits per heavy atom. The lowest BCUT2D eigenvalue weighted by Crippen LogP contribution is -2.07. The summed E-state index contributed by atoms with van der Waals surface area (Å²) in [4.78, 5) is 3.92. The molecule has 0 saturated heterocycles. The van der Waals surface area contributed by atoms with Crippen LogP contribution in [0.15, 0.2) is 22.7 Å². The van der Waals surface area contributed by atoms with Gasteiger partial charge >= 0.3 is 6.18 Å². The molecule has 1 aromatic heterocycles. The van der Waals surface area contributed by atoms with Gasteiger partial charge in [0.15, 0.2) is 5.82 Å². The van der Waals surface area contributed by atoms with E-state index in [4.69, 9.17) is 16.1 Å². The predicted molar refractivity (Wildman–Crippen MR) is 62.8 cm³/mol. The second kappa shape index (κ2) is 5.08. The number of nitrogens with zero attached hydrogens (tertiary/aromatic N) is 2. The number of aromatic nitrogens is 2. The smallest absolute Gasteiger partial charge is 0.376 e. The molecule has 0 radical (unpaired) electrons. The lowest BCUT2D eigenvalue weighted by atomic mass is 10.2. The third-order valence-corrected chi connectivity index (χ3v) is 2.63. The molecule has 8 heteroatoms. The average molecular weight is 292 g/mol. The molecule has 0 aliphatic carbocycles. The van der Waals surface area contributed by atoms with Crippen LogP contribution in [0.1, 0.15) is 17.3 Å². The van der Waals surface area contributed by atoms with E-state index in [9.17, 15) is 13.2 Å². The van der Waals surface area contributed by atoms with Gasteiger partial charge in [-0.25, -0.2) is 0 Å². The lowest BCUT2D eigenvalue weighted by molar-refractivity contribution is -0.137. The molecular formula is C11H9ClF3N3O. The highest BCUT2D eigenvalue weighted by Crippen LogP contribution is 2.33. The van der Waals surface area contributed by atoms with Gasteiger partial charge < -0.3 is 9.84 Å². The van der Waals surface area contributed by atoms with Gasteiger partial charge in [-0.15, -0.1) is 0 Å². The quantitative estimate of drug-likeness (QED) is 0.937. The maximum absolute atomic E-state index is 12.6. The van der Waals surface area contributed by atoms with E-state index in [1.807, 2.05) is 0 Å². The number of hydrogen-bond acceptors (Lipinski definition) is 4. The molecule has 0 unspecified atom stereocenters. The van der Waals surface area contributed by atoms with E-state index in [-0.39, 0.29) is 17.3 Å². The number of benzene rings is 1. The zero-order chi connectivity index (χ0) is 14.0. The van der Waals surface area contributed by atoms with Crippen LogP contribution in [-0.2, 0) is 12.7 Å². The van der Waals surface area contributed by atoms with E-state index < -0.39 is 11.7 Å². The highest BCUT2D eigenvalue weighted by molar-refractivity contribution is 6.33. The summed E-state index contributed by atoms with van der Waals surface area (Å²) in [5, 5.41) is 6.54. The minimum Gasteiger partial charge on any atom is -0.376 e. The molecule has 0 spiro atoms. The molecule has 2 rings (SSSR count). The lowest BCUT2D eigenvalue weighted by Gasteiger charge is -2.11. The summed E-state index contributed by atoms with van der Waals surface area (Å²) in [6.07, 6.45) is -4.41.